The fraction of sp³-hybridized carbons (Fsp3) is 1.00. The molecular weight excluding hydrogens is 264 g/mol. The van der Waals surface area contributed by atoms with Gasteiger partial charge in [0.1, 0.15) is 0 Å². The van der Waals surface area contributed by atoms with Crippen molar-refractivity contribution < 1.29 is 9.47 Å². The van der Waals surface area contributed by atoms with Gasteiger partial charge in [0.25, 0.3) is 0 Å². The number of nitrogens with zero attached hydrogens (tertiary/aromatic N) is 1. The SMILES string of the molecule is CCCN1CCOC(C(NC)C2CCOC3(CCC3)C2)C1. The molecular formula is C17H32N2O2. The lowest BCUT2D eigenvalue weighted by atomic mass is 9.69. The summed E-state index contributed by atoms with van der Waals surface area (Å²) < 4.78 is 12.2. The van der Waals surface area contributed by atoms with Crippen LogP contribution in [-0.4, -0.2) is 62.5 Å². The van der Waals surface area contributed by atoms with Crippen LogP contribution in [0.4, 0.5) is 0 Å². The molecule has 2 heterocycles. The maximum Gasteiger partial charge on any atom is 0.0857 e. The predicted molar refractivity (Wildman–Crippen MR) is 84.6 cm³/mol. The Morgan fingerprint density at radius 1 is 1.33 bits per heavy atom. The normalized spacial score (nSPS) is 34.6. The lowest BCUT2D eigenvalue weighted by molar-refractivity contribution is -0.156. The Balaban J connectivity index is 1.60. The van der Waals surface area contributed by atoms with Crippen molar-refractivity contribution >= 4 is 0 Å². The molecule has 0 aromatic heterocycles. The van der Waals surface area contributed by atoms with Crippen molar-refractivity contribution in [2.75, 3.05) is 39.9 Å². The van der Waals surface area contributed by atoms with Gasteiger partial charge >= 0.3 is 0 Å². The topological polar surface area (TPSA) is 33.7 Å². The Labute approximate surface area is 129 Å². The van der Waals surface area contributed by atoms with E-state index in [4.69, 9.17) is 9.47 Å². The molecule has 3 rings (SSSR count). The molecule has 0 aromatic rings. The number of hydrogen-bond acceptors (Lipinski definition) is 4. The molecule has 0 amide bonds. The molecule has 21 heavy (non-hydrogen) atoms. The maximum absolute atomic E-state index is 6.14. The Hall–Kier alpha value is -0.160. The minimum Gasteiger partial charge on any atom is -0.375 e. The third-order valence-electron chi connectivity index (χ3n) is 5.76. The molecule has 1 saturated carbocycles. The molecule has 0 radical (unpaired) electrons. The Bertz CT molecular complexity index is 331. The first-order valence-electron chi connectivity index (χ1n) is 8.91. The molecule has 2 aliphatic heterocycles. The third-order valence-corrected chi connectivity index (χ3v) is 5.76. The van der Waals surface area contributed by atoms with Gasteiger partial charge in [-0.2, -0.15) is 0 Å². The fourth-order valence-electron chi connectivity index (χ4n) is 4.49. The van der Waals surface area contributed by atoms with Crippen LogP contribution < -0.4 is 5.32 Å². The van der Waals surface area contributed by atoms with Crippen molar-refractivity contribution in [1.82, 2.24) is 10.2 Å². The van der Waals surface area contributed by atoms with Gasteiger partial charge in [-0.05, 0) is 58.0 Å². The van der Waals surface area contributed by atoms with Crippen LogP contribution in [0.15, 0.2) is 0 Å². The second kappa shape index (κ2) is 6.95. The third kappa shape index (κ3) is 3.44. The highest BCUT2D eigenvalue weighted by Gasteiger charge is 2.45. The zero-order chi connectivity index (χ0) is 14.7. The summed E-state index contributed by atoms with van der Waals surface area (Å²) in [6, 6.07) is 0.478. The summed E-state index contributed by atoms with van der Waals surface area (Å²) in [4.78, 5) is 2.57. The molecule has 4 nitrogen and oxygen atoms in total. The minimum absolute atomic E-state index is 0.232. The monoisotopic (exact) mass is 296 g/mol. The Kier molecular flexibility index (Phi) is 5.20. The van der Waals surface area contributed by atoms with Gasteiger partial charge in [0.05, 0.1) is 18.3 Å². The standard InChI is InChI=1S/C17H32N2O2/c1-3-8-19-9-11-20-15(13-19)16(18-2)14-5-10-21-17(12-14)6-4-7-17/h14-16,18H,3-13H2,1-2H3. The van der Waals surface area contributed by atoms with E-state index in [-0.39, 0.29) is 5.60 Å². The van der Waals surface area contributed by atoms with Gasteiger partial charge in [0, 0.05) is 25.7 Å². The molecule has 1 aliphatic carbocycles. The van der Waals surface area contributed by atoms with Crippen molar-refractivity contribution in [2.24, 2.45) is 5.92 Å². The summed E-state index contributed by atoms with van der Waals surface area (Å²) >= 11 is 0. The second-order valence-corrected chi connectivity index (χ2v) is 7.16. The van der Waals surface area contributed by atoms with E-state index in [9.17, 15) is 0 Å². The van der Waals surface area contributed by atoms with E-state index in [1.54, 1.807) is 0 Å². The van der Waals surface area contributed by atoms with Crippen LogP contribution in [0.1, 0.15) is 45.4 Å². The second-order valence-electron chi connectivity index (χ2n) is 7.16. The van der Waals surface area contributed by atoms with Crippen molar-refractivity contribution in [2.45, 2.75) is 63.2 Å². The predicted octanol–water partition coefficient (Wildman–Crippen LogP) is 2.03. The smallest absolute Gasteiger partial charge is 0.0857 e. The van der Waals surface area contributed by atoms with Crippen LogP contribution in [0, 0.1) is 5.92 Å². The van der Waals surface area contributed by atoms with E-state index in [0.717, 1.165) is 26.3 Å². The summed E-state index contributed by atoms with van der Waals surface area (Å²) in [6.07, 6.45) is 7.88. The van der Waals surface area contributed by atoms with Crippen LogP contribution in [0.3, 0.4) is 0 Å². The molecule has 4 heteroatoms. The number of nitrogens with one attached hydrogen (secondary N) is 1. The summed E-state index contributed by atoms with van der Waals surface area (Å²) in [5, 5.41) is 3.58. The van der Waals surface area contributed by atoms with Gasteiger partial charge in [-0.3, -0.25) is 4.90 Å². The number of morpholine rings is 1. The van der Waals surface area contributed by atoms with Gasteiger partial charge in [-0.1, -0.05) is 6.92 Å². The molecule has 1 N–H and O–H groups in total. The number of rotatable bonds is 5. The van der Waals surface area contributed by atoms with Gasteiger partial charge in [0.15, 0.2) is 0 Å². The first-order valence-corrected chi connectivity index (χ1v) is 8.91. The summed E-state index contributed by atoms with van der Waals surface area (Å²) in [5.74, 6) is 0.704. The van der Waals surface area contributed by atoms with E-state index < -0.39 is 0 Å². The fourth-order valence-corrected chi connectivity index (χ4v) is 4.49. The number of hydrogen-bond donors (Lipinski definition) is 1. The zero-order valence-electron chi connectivity index (χ0n) is 13.8. The molecule has 2 saturated heterocycles. The largest absolute Gasteiger partial charge is 0.375 e. The van der Waals surface area contributed by atoms with Gasteiger partial charge in [0.2, 0.25) is 0 Å². The Morgan fingerprint density at radius 3 is 2.86 bits per heavy atom. The maximum atomic E-state index is 6.14. The van der Waals surface area contributed by atoms with E-state index in [1.807, 2.05) is 0 Å². The van der Waals surface area contributed by atoms with E-state index >= 15 is 0 Å². The van der Waals surface area contributed by atoms with Crippen LogP contribution in [-0.2, 0) is 9.47 Å². The van der Waals surface area contributed by atoms with Crippen LogP contribution in [0.2, 0.25) is 0 Å². The van der Waals surface area contributed by atoms with Crippen LogP contribution in [0.5, 0.6) is 0 Å². The highest BCUT2D eigenvalue weighted by atomic mass is 16.5. The van der Waals surface area contributed by atoms with E-state index in [2.05, 4.69) is 24.2 Å². The van der Waals surface area contributed by atoms with Crippen LogP contribution in [0.25, 0.3) is 0 Å². The van der Waals surface area contributed by atoms with Crippen LogP contribution >= 0.6 is 0 Å². The van der Waals surface area contributed by atoms with Crippen molar-refractivity contribution in [3.8, 4) is 0 Å². The molecule has 122 valence electrons. The summed E-state index contributed by atoms with van der Waals surface area (Å²) in [6.45, 7) is 7.47. The molecule has 3 unspecified atom stereocenters. The molecule has 3 fully saturated rings. The first-order chi connectivity index (χ1) is 10.3. The highest BCUT2D eigenvalue weighted by molar-refractivity contribution is 4.98. The summed E-state index contributed by atoms with van der Waals surface area (Å²) in [7, 11) is 2.11. The van der Waals surface area contributed by atoms with Crippen molar-refractivity contribution in [3.63, 3.8) is 0 Å². The van der Waals surface area contributed by atoms with E-state index in [0.29, 0.717) is 18.1 Å². The van der Waals surface area contributed by atoms with Crippen molar-refractivity contribution in [1.29, 1.82) is 0 Å². The molecule has 0 aromatic carbocycles. The zero-order valence-corrected chi connectivity index (χ0v) is 13.8. The lowest BCUT2D eigenvalue weighted by Gasteiger charge is -2.50. The average Bonchev–Trinajstić information content (AvgIpc) is 2.48. The van der Waals surface area contributed by atoms with Crippen molar-refractivity contribution in [3.05, 3.63) is 0 Å². The number of likely N-dealkylation sites (N-methyl/N-ethyl adjacent to an activating group) is 1. The highest BCUT2D eigenvalue weighted by Crippen LogP contribution is 2.45. The molecule has 3 aliphatic rings. The molecule has 3 atom stereocenters. The van der Waals surface area contributed by atoms with E-state index in [1.165, 1.54) is 45.1 Å². The number of ether oxygens (including phenoxy) is 2. The molecule has 0 bridgehead atoms. The average molecular weight is 296 g/mol. The lowest BCUT2D eigenvalue weighted by Crippen LogP contribution is -2.57. The van der Waals surface area contributed by atoms with Gasteiger partial charge < -0.3 is 14.8 Å². The Morgan fingerprint density at radius 2 is 2.19 bits per heavy atom. The minimum atomic E-state index is 0.232. The van der Waals surface area contributed by atoms with Gasteiger partial charge in [-0.25, -0.2) is 0 Å². The first kappa shape index (κ1) is 15.7. The quantitative estimate of drug-likeness (QED) is 0.842. The molecule has 1 spiro atoms. The summed E-state index contributed by atoms with van der Waals surface area (Å²) in [5.41, 5.74) is 0.232. The van der Waals surface area contributed by atoms with Gasteiger partial charge in [-0.15, -0.1) is 0 Å².